The number of anilines is 1. The van der Waals surface area contributed by atoms with Gasteiger partial charge in [-0.05, 0) is 25.7 Å². The maximum absolute atomic E-state index is 9.94. The molecule has 94 valence electrons. The van der Waals surface area contributed by atoms with Crippen molar-refractivity contribution in [3.63, 3.8) is 0 Å². The van der Waals surface area contributed by atoms with E-state index in [1.165, 1.54) is 0 Å². The zero-order chi connectivity index (χ0) is 11.8. The second kappa shape index (κ2) is 4.55. The van der Waals surface area contributed by atoms with Crippen molar-refractivity contribution in [3.8, 4) is 0 Å². The molecule has 1 N–H and O–H groups in total. The molecule has 2 heterocycles. The van der Waals surface area contributed by atoms with Crippen LogP contribution in [0.4, 0.5) is 5.13 Å². The summed E-state index contributed by atoms with van der Waals surface area (Å²) in [6.07, 6.45) is 4.08. The van der Waals surface area contributed by atoms with Crippen molar-refractivity contribution in [2.24, 2.45) is 0 Å². The Morgan fingerprint density at radius 2 is 2.35 bits per heavy atom. The molecule has 17 heavy (non-hydrogen) atoms. The van der Waals surface area contributed by atoms with E-state index >= 15 is 0 Å². The fraction of sp³-hybridized carbons (Fsp3) is 0.750. The summed E-state index contributed by atoms with van der Waals surface area (Å²) >= 11 is 1.66. The Hall–Kier alpha value is -0.650. The van der Waals surface area contributed by atoms with Crippen molar-refractivity contribution in [1.82, 2.24) is 4.98 Å². The van der Waals surface area contributed by atoms with Crippen molar-refractivity contribution in [2.45, 2.75) is 37.9 Å². The highest BCUT2D eigenvalue weighted by Crippen LogP contribution is 2.38. The molecule has 5 heteroatoms. The van der Waals surface area contributed by atoms with E-state index in [0.717, 1.165) is 54.5 Å². The fourth-order valence-electron chi connectivity index (χ4n) is 2.61. The van der Waals surface area contributed by atoms with Gasteiger partial charge >= 0.3 is 0 Å². The number of nitrogens with zero attached hydrogens (tertiary/aromatic N) is 2. The summed E-state index contributed by atoms with van der Waals surface area (Å²) in [5.74, 6) is 0. The number of methoxy groups -OCH3 is 1. The average Bonchev–Trinajstić information content (AvgIpc) is 2.95. The number of ether oxygens (including phenoxy) is 1. The molecular formula is C12H18N2O2S. The summed E-state index contributed by atoms with van der Waals surface area (Å²) in [6.45, 7) is 1.94. The molecule has 0 saturated carbocycles. The Bertz CT molecular complexity index is 407. The third kappa shape index (κ3) is 2.07. The van der Waals surface area contributed by atoms with Gasteiger partial charge in [-0.1, -0.05) is 11.3 Å². The summed E-state index contributed by atoms with van der Waals surface area (Å²) in [5, 5.41) is 11.0. The van der Waals surface area contributed by atoms with Crippen LogP contribution in [0.2, 0.25) is 0 Å². The van der Waals surface area contributed by atoms with Crippen molar-refractivity contribution in [2.75, 3.05) is 25.1 Å². The molecule has 2 aliphatic rings. The van der Waals surface area contributed by atoms with Gasteiger partial charge in [0.05, 0.1) is 22.8 Å². The highest BCUT2D eigenvalue weighted by molar-refractivity contribution is 7.15. The summed E-state index contributed by atoms with van der Waals surface area (Å²) in [7, 11) is 1.77. The minimum atomic E-state index is -0.286. The molecule has 0 spiro atoms. The van der Waals surface area contributed by atoms with Gasteiger partial charge in [-0.2, -0.15) is 0 Å². The van der Waals surface area contributed by atoms with E-state index in [2.05, 4.69) is 9.88 Å². The van der Waals surface area contributed by atoms with Crippen molar-refractivity contribution < 1.29 is 9.84 Å². The summed E-state index contributed by atoms with van der Waals surface area (Å²) in [6, 6.07) is 0. The van der Waals surface area contributed by atoms with Crippen LogP contribution in [0.15, 0.2) is 0 Å². The van der Waals surface area contributed by atoms with Crippen LogP contribution in [0.25, 0.3) is 0 Å². The van der Waals surface area contributed by atoms with Crippen molar-refractivity contribution >= 4 is 16.5 Å². The van der Waals surface area contributed by atoms with Crippen LogP contribution in [0.3, 0.4) is 0 Å². The first-order valence-corrected chi connectivity index (χ1v) is 7.05. The largest absolute Gasteiger partial charge is 0.388 e. The molecule has 4 nitrogen and oxygen atoms in total. The SMILES string of the molecule is COC1CCN(c2nc3c(s2)C(O)CCC3)C1. The predicted molar refractivity (Wildman–Crippen MR) is 67.6 cm³/mol. The van der Waals surface area contributed by atoms with E-state index < -0.39 is 0 Å². The van der Waals surface area contributed by atoms with E-state index in [9.17, 15) is 5.11 Å². The lowest BCUT2D eigenvalue weighted by atomic mass is 10.0. The molecule has 1 aliphatic heterocycles. The Balaban J connectivity index is 1.80. The number of aliphatic hydroxyl groups excluding tert-OH is 1. The Kier molecular flexibility index (Phi) is 3.06. The molecule has 2 unspecified atom stereocenters. The maximum atomic E-state index is 9.94. The van der Waals surface area contributed by atoms with Crippen LogP contribution in [0.1, 0.15) is 35.9 Å². The van der Waals surface area contributed by atoms with Crippen molar-refractivity contribution in [1.29, 1.82) is 0 Å². The third-order valence-corrected chi connectivity index (χ3v) is 4.92. The summed E-state index contributed by atoms with van der Waals surface area (Å²) in [4.78, 5) is 8.05. The first-order chi connectivity index (χ1) is 8.28. The topological polar surface area (TPSA) is 45.6 Å². The standard InChI is InChI=1S/C12H18N2O2S/c1-16-8-5-6-14(7-8)12-13-9-3-2-4-10(15)11(9)17-12/h8,10,15H,2-7H2,1H3. The molecule has 1 aromatic heterocycles. The Morgan fingerprint density at radius 3 is 3.06 bits per heavy atom. The van der Waals surface area contributed by atoms with Crippen LogP contribution in [0, 0.1) is 0 Å². The minimum Gasteiger partial charge on any atom is -0.388 e. The lowest BCUT2D eigenvalue weighted by Gasteiger charge is -2.14. The first kappa shape index (κ1) is 11.4. The van der Waals surface area contributed by atoms with E-state index in [1.54, 1.807) is 18.4 Å². The van der Waals surface area contributed by atoms with Gasteiger partial charge in [-0.3, -0.25) is 0 Å². The third-order valence-electron chi connectivity index (χ3n) is 3.66. The molecular weight excluding hydrogens is 236 g/mol. The Labute approximate surface area is 105 Å². The minimum absolute atomic E-state index is 0.286. The van der Waals surface area contributed by atoms with Crippen LogP contribution in [0.5, 0.6) is 0 Å². The number of hydrogen-bond acceptors (Lipinski definition) is 5. The lowest BCUT2D eigenvalue weighted by molar-refractivity contribution is 0.121. The van der Waals surface area contributed by atoms with Gasteiger partial charge in [0.1, 0.15) is 0 Å². The molecule has 3 rings (SSSR count). The summed E-state index contributed by atoms with van der Waals surface area (Å²) in [5.41, 5.74) is 1.12. The molecule has 0 bridgehead atoms. The predicted octanol–water partition coefficient (Wildman–Crippen LogP) is 1.74. The number of aliphatic hydroxyl groups is 1. The van der Waals surface area contributed by atoms with Gasteiger partial charge in [0.15, 0.2) is 5.13 Å². The van der Waals surface area contributed by atoms with Crippen LogP contribution in [-0.4, -0.2) is 36.4 Å². The van der Waals surface area contributed by atoms with Gasteiger partial charge in [0.25, 0.3) is 0 Å². The van der Waals surface area contributed by atoms with E-state index in [1.807, 2.05) is 0 Å². The average molecular weight is 254 g/mol. The van der Waals surface area contributed by atoms with Gasteiger partial charge in [-0.25, -0.2) is 4.98 Å². The number of rotatable bonds is 2. The lowest BCUT2D eigenvalue weighted by Crippen LogP contribution is -2.21. The number of aromatic nitrogens is 1. The Morgan fingerprint density at radius 1 is 1.47 bits per heavy atom. The van der Waals surface area contributed by atoms with Crippen LogP contribution in [-0.2, 0) is 11.2 Å². The smallest absolute Gasteiger partial charge is 0.185 e. The van der Waals surface area contributed by atoms with Crippen LogP contribution >= 0.6 is 11.3 Å². The van der Waals surface area contributed by atoms with E-state index in [0.29, 0.717) is 6.10 Å². The normalized spacial score (nSPS) is 28.5. The van der Waals surface area contributed by atoms with E-state index in [4.69, 9.17) is 4.74 Å². The monoisotopic (exact) mass is 254 g/mol. The molecule has 1 aromatic rings. The van der Waals surface area contributed by atoms with Gasteiger partial charge in [0, 0.05) is 20.2 Å². The molecule has 1 saturated heterocycles. The van der Waals surface area contributed by atoms with Gasteiger partial charge < -0.3 is 14.7 Å². The zero-order valence-corrected chi connectivity index (χ0v) is 10.9. The summed E-state index contributed by atoms with van der Waals surface area (Å²) < 4.78 is 5.37. The number of fused-ring (bicyclic) bond motifs is 1. The fourth-order valence-corrected chi connectivity index (χ4v) is 3.78. The molecule has 1 aliphatic carbocycles. The highest BCUT2D eigenvalue weighted by Gasteiger charge is 2.28. The highest BCUT2D eigenvalue weighted by atomic mass is 32.1. The zero-order valence-electron chi connectivity index (χ0n) is 10.1. The second-order valence-corrected chi connectivity index (χ2v) is 5.82. The quantitative estimate of drug-likeness (QED) is 0.873. The molecule has 2 atom stereocenters. The van der Waals surface area contributed by atoms with Crippen molar-refractivity contribution in [3.05, 3.63) is 10.6 Å². The van der Waals surface area contributed by atoms with Gasteiger partial charge in [0.2, 0.25) is 0 Å². The van der Waals surface area contributed by atoms with E-state index in [-0.39, 0.29) is 6.10 Å². The second-order valence-electron chi connectivity index (χ2n) is 4.81. The molecule has 0 radical (unpaired) electrons. The number of aryl methyl sites for hydroxylation is 1. The molecule has 0 aromatic carbocycles. The van der Waals surface area contributed by atoms with Crippen LogP contribution < -0.4 is 4.90 Å². The first-order valence-electron chi connectivity index (χ1n) is 6.23. The maximum Gasteiger partial charge on any atom is 0.185 e. The number of thiazole rings is 1. The number of hydrogen-bond donors (Lipinski definition) is 1. The molecule has 1 fully saturated rings. The molecule has 0 amide bonds. The van der Waals surface area contributed by atoms with Gasteiger partial charge in [-0.15, -0.1) is 0 Å².